The molecule has 0 saturated heterocycles. The summed E-state index contributed by atoms with van der Waals surface area (Å²) in [5.41, 5.74) is -0.0120. The Morgan fingerprint density at radius 2 is 2.32 bits per heavy atom. The average Bonchev–Trinajstić information content (AvgIpc) is 3.06. The van der Waals surface area contributed by atoms with Crippen LogP contribution in [-0.4, -0.2) is 53.8 Å². The van der Waals surface area contributed by atoms with Crippen molar-refractivity contribution in [3.8, 4) is 0 Å². The van der Waals surface area contributed by atoms with Crippen LogP contribution in [0.3, 0.4) is 0 Å². The molecular formula is C12H16N2O5. The second-order valence-electron chi connectivity index (χ2n) is 4.63. The van der Waals surface area contributed by atoms with Crippen molar-refractivity contribution < 1.29 is 24.0 Å². The molecule has 1 aliphatic carbocycles. The molecule has 104 valence electrons. The van der Waals surface area contributed by atoms with Gasteiger partial charge in [-0.2, -0.15) is 0 Å². The molecule has 2 rings (SSSR count). The van der Waals surface area contributed by atoms with Gasteiger partial charge in [-0.15, -0.1) is 0 Å². The van der Waals surface area contributed by atoms with Gasteiger partial charge in [0, 0.05) is 26.3 Å². The number of amides is 1. The molecule has 0 unspecified atom stereocenters. The summed E-state index contributed by atoms with van der Waals surface area (Å²) in [6, 6.07) is 1.12. The number of ether oxygens (including phenoxy) is 1. The fourth-order valence-electron chi connectivity index (χ4n) is 1.51. The van der Waals surface area contributed by atoms with E-state index in [-0.39, 0.29) is 17.4 Å². The highest BCUT2D eigenvalue weighted by molar-refractivity contribution is 5.94. The van der Waals surface area contributed by atoms with E-state index in [4.69, 9.17) is 9.84 Å². The van der Waals surface area contributed by atoms with Crippen molar-refractivity contribution in [3.63, 3.8) is 0 Å². The van der Waals surface area contributed by atoms with Gasteiger partial charge >= 0.3 is 5.97 Å². The van der Waals surface area contributed by atoms with Crippen LogP contribution in [0.2, 0.25) is 0 Å². The number of carboxylic acids is 1. The van der Waals surface area contributed by atoms with Crippen molar-refractivity contribution in [2.45, 2.75) is 12.8 Å². The van der Waals surface area contributed by atoms with Crippen LogP contribution in [0.15, 0.2) is 10.6 Å². The summed E-state index contributed by atoms with van der Waals surface area (Å²) in [6.07, 6.45) is 2.46. The van der Waals surface area contributed by atoms with E-state index in [1.165, 1.54) is 17.7 Å². The number of likely N-dealkylation sites (N-methyl/N-ethyl adjacent to an activating group) is 1. The van der Waals surface area contributed by atoms with Crippen LogP contribution in [-0.2, 0) is 4.74 Å². The normalized spacial score (nSPS) is 14.4. The Bertz CT molecular complexity index is 466. The minimum atomic E-state index is -1.25. The van der Waals surface area contributed by atoms with Gasteiger partial charge in [0.15, 0.2) is 5.69 Å². The van der Waals surface area contributed by atoms with E-state index in [2.05, 4.69) is 9.68 Å². The Kier molecular flexibility index (Phi) is 4.16. The van der Waals surface area contributed by atoms with Crippen molar-refractivity contribution in [1.29, 1.82) is 0 Å². The molecular weight excluding hydrogens is 252 g/mol. The van der Waals surface area contributed by atoms with Crippen molar-refractivity contribution in [3.05, 3.63) is 17.5 Å². The Labute approximate surface area is 110 Å². The van der Waals surface area contributed by atoms with E-state index in [0.717, 1.165) is 12.7 Å². The highest BCUT2D eigenvalue weighted by Crippen LogP contribution is 2.28. The van der Waals surface area contributed by atoms with Gasteiger partial charge in [-0.1, -0.05) is 5.16 Å². The van der Waals surface area contributed by atoms with Gasteiger partial charge < -0.3 is 19.3 Å². The molecule has 1 amide bonds. The molecule has 1 heterocycles. The molecule has 7 nitrogen and oxygen atoms in total. The summed E-state index contributed by atoms with van der Waals surface area (Å²) in [6.45, 7) is 1.64. The SMILES string of the molecule is CN(CCOCC1CC1)C(=O)c1cc(C(=O)O)on1. The van der Waals surface area contributed by atoms with Crippen LogP contribution >= 0.6 is 0 Å². The first-order valence-electron chi connectivity index (χ1n) is 6.11. The highest BCUT2D eigenvalue weighted by atomic mass is 16.5. The largest absolute Gasteiger partial charge is 0.475 e. The third kappa shape index (κ3) is 3.78. The predicted molar refractivity (Wildman–Crippen MR) is 64.0 cm³/mol. The van der Waals surface area contributed by atoms with Crippen LogP contribution in [0.5, 0.6) is 0 Å². The van der Waals surface area contributed by atoms with E-state index < -0.39 is 5.97 Å². The van der Waals surface area contributed by atoms with Crippen LogP contribution in [0.4, 0.5) is 0 Å². The number of hydrogen-bond donors (Lipinski definition) is 1. The van der Waals surface area contributed by atoms with Crippen LogP contribution in [0, 0.1) is 5.92 Å². The lowest BCUT2D eigenvalue weighted by atomic mass is 10.3. The second kappa shape index (κ2) is 5.83. The molecule has 0 radical (unpaired) electrons. The smallest absolute Gasteiger partial charge is 0.374 e. The zero-order valence-corrected chi connectivity index (χ0v) is 10.7. The lowest BCUT2D eigenvalue weighted by Crippen LogP contribution is -2.30. The summed E-state index contributed by atoms with van der Waals surface area (Å²) in [7, 11) is 1.61. The number of hydrogen-bond acceptors (Lipinski definition) is 5. The lowest BCUT2D eigenvalue weighted by molar-refractivity contribution is 0.0643. The molecule has 1 aromatic rings. The summed E-state index contributed by atoms with van der Waals surface area (Å²) in [5, 5.41) is 12.1. The Morgan fingerprint density at radius 3 is 2.89 bits per heavy atom. The molecule has 0 aromatic carbocycles. The molecule has 0 atom stereocenters. The fourth-order valence-corrected chi connectivity index (χ4v) is 1.51. The van der Waals surface area contributed by atoms with Crippen LogP contribution in [0.1, 0.15) is 33.9 Å². The summed E-state index contributed by atoms with van der Waals surface area (Å²) in [4.78, 5) is 23.9. The fraction of sp³-hybridized carbons (Fsp3) is 0.583. The number of carboxylic acid groups (broad SMARTS) is 1. The number of aromatic nitrogens is 1. The molecule has 1 N–H and O–H groups in total. The van der Waals surface area contributed by atoms with Gasteiger partial charge in [-0.3, -0.25) is 4.79 Å². The zero-order chi connectivity index (χ0) is 13.8. The van der Waals surface area contributed by atoms with E-state index in [9.17, 15) is 9.59 Å². The van der Waals surface area contributed by atoms with Crippen molar-refractivity contribution in [2.75, 3.05) is 26.8 Å². The van der Waals surface area contributed by atoms with Crippen molar-refractivity contribution >= 4 is 11.9 Å². The number of rotatable bonds is 7. The lowest BCUT2D eigenvalue weighted by Gasteiger charge is -2.15. The molecule has 1 fully saturated rings. The minimum absolute atomic E-state index is 0.0120. The molecule has 19 heavy (non-hydrogen) atoms. The monoisotopic (exact) mass is 268 g/mol. The molecule has 1 aromatic heterocycles. The summed E-state index contributed by atoms with van der Waals surface area (Å²) >= 11 is 0. The van der Waals surface area contributed by atoms with Crippen LogP contribution < -0.4 is 0 Å². The van der Waals surface area contributed by atoms with E-state index in [1.807, 2.05) is 0 Å². The number of aromatic carboxylic acids is 1. The molecule has 0 bridgehead atoms. The van der Waals surface area contributed by atoms with Gasteiger partial charge in [-0.25, -0.2) is 4.79 Å². The topological polar surface area (TPSA) is 92.9 Å². The standard InChI is InChI=1S/C12H16N2O5/c1-14(4-5-18-7-8-2-3-8)11(15)9-6-10(12(16)17)19-13-9/h6,8H,2-5,7H2,1H3,(H,16,17). The molecule has 0 spiro atoms. The maximum absolute atomic E-state index is 11.9. The minimum Gasteiger partial charge on any atom is -0.475 e. The maximum Gasteiger partial charge on any atom is 0.374 e. The first kappa shape index (κ1) is 13.5. The average molecular weight is 268 g/mol. The number of carbonyl (C=O) groups excluding carboxylic acids is 1. The molecule has 0 aliphatic heterocycles. The Balaban J connectivity index is 1.77. The van der Waals surface area contributed by atoms with Gasteiger partial charge in [0.1, 0.15) is 0 Å². The van der Waals surface area contributed by atoms with E-state index in [1.54, 1.807) is 7.05 Å². The maximum atomic E-state index is 11.9. The van der Waals surface area contributed by atoms with Gasteiger partial charge in [0.25, 0.3) is 5.91 Å². The molecule has 1 saturated carbocycles. The summed E-state index contributed by atoms with van der Waals surface area (Å²) in [5.74, 6) is -1.29. The van der Waals surface area contributed by atoms with Crippen molar-refractivity contribution in [2.24, 2.45) is 5.92 Å². The highest BCUT2D eigenvalue weighted by Gasteiger charge is 2.22. The molecule has 1 aliphatic rings. The number of nitrogens with zero attached hydrogens (tertiary/aromatic N) is 2. The third-order valence-corrected chi connectivity index (χ3v) is 2.91. The zero-order valence-electron chi connectivity index (χ0n) is 10.7. The van der Waals surface area contributed by atoms with Gasteiger partial charge in [0.05, 0.1) is 6.61 Å². The first-order valence-corrected chi connectivity index (χ1v) is 6.11. The quantitative estimate of drug-likeness (QED) is 0.737. The Hall–Kier alpha value is -1.89. The van der Waals surface area contributed by atoms with Gasteiger partial charge in [0.2, 0.25) is 5.76 Å². The van der Waals surface area contributed by atoms with Crippen molar-refractivity contribution in [1.82, 2.24) is 10.1 Å². The van der Waals surface area contributed by atoms with E-state index >= 15 is 0 Å². The van der Waals surface area contributed by atoms with Gasteiger partial charge in [-0.05, 0) is 18.8 Å². The Morgan fingerprint density at radius 1 is 1.58 bits per heavy atom. The first-order chi connectivity index (χ1) is 9.08. The van der Waals surface area contributed by atoms with Crippen LogP contribution in [0.25, 0.3) is 0 Å². The summed E-state index contributed by atoms with van der Waals surface area (Å²) < 4.78 is 9.96. The predicted octanol–water partition coefficient (Wildman–Crippen LogP) is 0.871. The number of carbonyl (C=O) groups is 2. The van der Waals surface area contributed by atoms with E-state index in [0.29, 0.717) is 19.1 Å². The third-order valence-electron chi connectivity index (χ3n) is 2.91. The molecule has 7 heteroatoms. The second-order valence-corrected chi connectivity index (χ2v) is 4.63.